The maximum Gasteiger partial charge on any atom is 0.253 e. The Morgan fingerprint density at radius 2 is 2.14 bits per heavy atom. The van der Waals surface area contributed by atoms with Gasteiger partial charge in [-0.15, -0.1) is 0 Å². The molecule has 3 aromatic rings. The maximum absolute atomic E-state index is 12.4. The van der Waals surface area contributed by atoms with Crippen LogP contribution >= 0.6 is 11.3 Å². The van der Waals surface area contributed by atoms with Crippen LogP contribution in [-0.4, -0.2) is 29.5 Å². The third-order valence-corrected chi connectivity index (χ3v) is 5.41. The standard InChI is InChI=1S/C21H21N3O4S/c1-13-17(11-22-19(25)14-8-10-29-12-14)24-21(28-13)15-5-2-3-6-16(15)23-20(26)18-7-4-9-27-18/h2-3,5-6,8,10,12,18H,4,7,9,11H2,1H3,(H,22,25)(H,23,26)/t18-/m1/s1. The predicted octanol–water partition coefficient (Wildman–Crippen LogP) is 3.76. The first-order valence-electron chi connectivity index (χ1n) is 9.40. The molecule has 1 atom stereocenters. The van der Waals surface area contributed by atoms with Crippen molar-refractivity contribution < 1.29 is 18.7 Å². The number of para-hydroxylation sites is 1. The van der Waals surface area contributed by atoms with E-state index in [-0.39, 0.29) is 18.4 Å². The number of ether oxygens (including phenoxy) is 1. The van der Waals surface area contributed by atoms with Crippen molar-refractivity contribution in [3.63, 3.8) is 0 Å². The van der Waals surface area contributed by atoms with Crippen molar-refractivity contribution >= 4 is 28.8 Å². The Morgan fingerprint density at radius 1 is 1.28 bits per heavy atom. The Bertz CT molecular complexity index is 1010. The Balaban J connectivity index is 1.49. The lowest BCUT2D eigenvalue weighted by atomic mass is 10.1. The van der Waals surface area contributed by atoms with Crippen LogP contribution in [0.3, 0.4) is 0 Å². The van der Waals surface area contributed by atoms with Gasteiger partial charge in [-0.3, -0.25) is 9.59 Å². The fraction of sp³-hybridized carbons (Fsp3) is 0.286. The van der Waals surface area contributed by atoms with E-state index in [1.54, 1.807) is 24.4 Å². The molecule has 2 aromatic heterocycles. The third-order valence-electron chi connectivity index (χ3n) is 4.73. The molecule has 0 saturated carbocycles. The van der Waals surface area contributed by atoms with Crippen LogP contribution < -0.4 is 10.6 Å². The van der Waals surface area contributed by atoms with Crippen LogP contribution in [-0.2, 0) is 16.1 Å². The number of benzene rings is 1. The Kier molecular flexibility index (Phi) is 5.73. The third kappa shape index (κ3) is 4.38. The SMILES string of the molecule is Cc1oc(-c2ccccc2NC(=O)[C@H]2CCCO2)nc1CNC(=O)c1ccsc1. The molecular formula is C21H21N3O4S. The number of carbonyl (C=O) groups excluding carboxylic acids is 2. The summed E-state index contributed by atoms with van der Waals surface area (Å²) in [5.74, 6) is 0.692. The summed E-state index contributed by atoms with van der Waals surface area (Å²) in [5, 5.41) is 9.42. The zero-order chi connectivity index (χ0) is 20.2. The number of hydrogen-bond donors (Lipinski definition) is 2. The number of thiophene rings is 1. The highest BCUT2D eigenvalue weighted by molar-refractivity contribution is 7.08. The molecule has 2 N–H and O–H groups in total. The van der Waals surface area contributed by atoms with E-state index in [1.807, 2.05) is 23.6 Å². The fourth-order valence-electron chi connectivity index (χ4n) is 3.14. The van der Waals surface area contributed by atoms with Crippen molar-refractivity contribution in [2.45, 2.75) is 32.4 Å². The second-order valence-electron chi connectivity index (χ2n) is 6.75. The highest BCUT2D eigenvalue weighted by Crippen LogP contribution is 2.29. The molecular weight excluding hydrogens is 390 g/mol. The van der Waals surface area contributed by atoms with Gasteiger partial charge in [-0.2, -0.15) is 11.3 Å². The van der Waals surface area contributed by atoms with E-state index in [0.29, 0.717) is 40.8 Å². The minimum atomic E-state index is -0.419. The molecule has 1 fully saturated rings. The fourth-order valence-corrected chi connectivity index (χ4v) is 3.78. The van der Waals surface area contributed by atoms with Crippen LogP contribution in [0.15, 0.2) is 45.5 Å². The van der Waals surface area contributed by atoms with Gasteiger partial charge in [0.25, 0.3) is 11.8 Å². The van der Waals surface area contributed by atoms with Crippen LogP contribution in [0.1, 0.15) is 34.7 Å². The number of anilines is 1. The van der Waals surface area contributed by atoms with E-state index in [0.717, 1.165) is 12.8 Å². The molecule has 3 heterocycles. The summed E-state index contributed by atoms with van der Waals surface area (Å²) in [4.78, 5) is 29.1. The molecule has 0 radical (unpaired) electrons. The summed E-state index contributed by atoms with van der Waals surface area (Å²) in [7, 11) is 0. The molecule has 1 aliphatic heterocycles. The van der Waals surface area contributed by atoms with Crippen LogP contribution in [0.25, 0.3) is 11.5 Å². The second-order valence-corrected chi connectivity index (χ2v) is 7.53. The van der Waals surface area contributed by atoms with E-state index < -0.39 is 6.10 Å². The molecule has 2 amide bonds. The van der Waals surface area contributed by atoms with Crippen LogP contribution in [0.5, 0.6) is 0 Å². The summed E-state index contributed by atoms with van der Waals surface area (Å²) in [6.07, 6.45) is 1.19. The van der Waals surface area contributed by atoms with Gasteiger partial charge in [-0.1, -0.05) is 12.1 Å². The molecule has 4 rings (SSSR count). The zero-order valence-corrected chi connectivity index (χ0v) is 16.8. The molecule has 7 nitrogen and oxygen atoms in total. The van der Waals surface area contributed by atoms with Gasteiger partial charge in [0.15, 0.2) is 0 Å². The Morgan fingerprint density at radius 3 is 2.90 bits per heavy atom. The van der Waals surface area contributed by atoms with Gasteiger partial charge in [0, 0.05) is 17.6 Å². The lowest BCUT2D eigenvalue weighted by Gasteiger charge is -2.12. The molecule has 29 heavy (non-hydrogen) atoms. The van der Waals surface area contributed by atoms with Gasteiger partial charge >= 0.3 is 0 Å². The number of nitrogens with zero attached hydrogens (tertiary/aromatic N) is 1. The average Bonchev–Trinajstić information content (AvgIpc) is 3.48. The summed E-state index contributed by atoms with van der Waals surface area (Å²) in [5.41, 5.74) is 2.56. The van der Waals surface area contributed by atoms with Crippen molar-refractivity contribution in [2.75, 3.05) is 11.9 Å². The zero-order valence-electron chi connectivity index (χ0n) is 15.9. The number of amides is 2. The van der Waals surface area contributed by atoms with Crippen molar-refractivity contribution in [2.24, 2.45) is 0 Å². The van der Waals surface area contributed by atoms with E-state index in [9.17, 15) is 9.59 Å². The van der Waals surface area contributed by atoms with Gasteiger partial charge in [0.1, 0.15) is 17.6 Å². The molecule has 1 aromatic carbocycles. The minimum Gasteiger partial charge on any atom is -0.441 e. The molecule has 8 heteroatoms. The summed E-state index contributed by atoms with van der Waals surface area (Å²) < 4.78 is 11.3. The van der Waals surface area contributed by atoms with Gasteiger partial charge in [0.05, 0.1) is 17.8 Å². The highest BCUT2D eigenvalue weighted by atomic mass is 32.1. The first-order chi connectivity index (χ1) is 14.1. The normalized spacial score (nSPS) is 16.0. The van der Waals surface area contributed by atoms with E-state index in [1.165, 1.54) is 11.3 Å². The number of carbonyl (C=O) groups is 2. The van der Waals surface area contributed by atoms with Gasteiger partial charge in [-0.05, 0) is 43.3 Å². The van der Waals surface area contributed by atoms with Crippen LogP contribution in [0.2, 0.25) is 0 Å². The number of nitrogens with one attached hydrogen (secondary N) is 2. The number of rotatable bonds is 6. The monoisotopic (exact) mass is 411 g/mol. The summed E-state index contributed by atoms with van der Waals surface area (Å²) >= 11 is 1.47. The second kappa shape index (κ2) is 8.59. The highest BCUT2D eigenvalue weighted by Gasteiger charge is 2.25. The van der Waals surface area contributed by atoms with Crippen molar-refractivity contribution in [3.05, 3.63) is 58.1 Å². The van der Waals surface area contributed by atoms with Crippen molar-refractivity contribution in [1.82, 2.24) is 10.3 Å². The smallest absolute Gasteiger partial charge is 0.253 e. The molecule has 150 valence electrons. The molecule has 0 bridgehead atoms. The van der Waals surface area contributed by atoms with E-state index in [2.05, 4.69) is 15.6 Å². The van der Waals surface area contributed by atoms with Gasteiger partial charge in [0.2, 0.25) is 5.89 Å². The molecule has 0 unspecified atom stereocenters. The maximum atomic E-state index is 12.4. The van der Waals surface area contributed by atoms with Gasteiger partial charge in [-0.25, -0.2) is 4.98 Å². The van der Waals surface area contributed by atoms with E-state index in [4.69, 9.17) is 9.15 Å². The molecule has 0 spiro atoms. The molecule has 1 saturated heterocycles. The van der Waals surface area contributed by atoms with Crippen LogP contribution in [0.4, 0.5) is 5.69 Å². The number of aryl methyl sites for hydroxylation is 1. The minimum absolute atomic E-state index is 0.153. The van der Waals surface area contributed by atoms with Crippen LogP contribution in [0, 0.1) is 6.92 Å². The summed E-state index contributed by atoms with van der Waals surface area (Å²) in [6.45, 7) is 2.67. The number of oxazole rings is 1. The predicted molar refractivity (Wildman–Crippen MR) is 110 cm³/mol. The first kappa shape index (κ1) is 19.4. The van der Waals surface area contributed by atoms with Crippen molar-refractivity contribution in [3.8, 4) is 11.5 Å². The Labute approximate surface area is 172 Å². The average molecular weight is 411 g/mol. The van der Waals surface area contributed by atoms with E-state index >= 15 is 0 Å². The molecule has 1 aliphatic rings. The van der Waals surface area contributed by atoms with Crippen molar-refractivity contribution in [1.29, 1.82) is 0 Å². The van der Waals surface area contributed by atoms with Gasteiger partial charge < -0.3 is 19.8 Å². The molecule has 0 aliphatic carbocycles. The quantitative estimate of drug-likeness (QED) is 0.644. The summed E-state index contributed by atoms with van der Waals surface area (Å²) in [6, 6.07) is 9.11. The topological polar surface area (TPSA) is 93.5 Å². The Hall–Kier alpha value is -2.97. The largest absolute Gasteiger partial charge is 0.441 e. The first-order valence-corrected chi connectivity index (χ1v) is 10.3. The number of hydrogen-bond acceptors (Lipinski definition) is 6. The lowest BCUT2D eigenvalue weighted by Crippen LogP contribution is -2.27. The number of aromatic nitrogens is 1. The lowest BCUT2D eigenvalue weighted by molar-refractivity contribution is -0.124.